The second-order valence-corrected chi connectivity index (χ2v) is 1.33. The second-order valence-electron chi connectivity index (χ2n) is 1.33. The maximum atomic E-state index is 7.50. The van der Waals surface area contributed by atoms with Gasteiger partial charge in [-0.3, -0.25) is 0 Å². The second kappa shape index (κ2) is 79.7. The number of hydrogen-bond acceptors (Lipinski definition) is 3. The van der Waals surface area contributed by atoms with Crippen molar-refractivity contribution in [1.82, 2.24) is 5.32 Å². The Balaban J connectivity index is -0.0000000332. The normalized spacial score (nSPS) is 5.14. The molecule has 0 radical (unpaired) electrons. The monoisotopic (exact) mass is 239 g/mol. The first-order valence-electron chi connectivity index (χ1n) is 3.14. The van der Waals surface area contributed by atoms with E-state index in [0.717, 1.165) is 13.1 Å². The van der Waals surface area contributed by atoms with E-state index in [0.29, 0.717) is 13.1 Å². The van der Waals surface area contributed by atoms with Gasteiger partial charge in [0.05, 0.1) is 0 Å². The van der Waals surface area contributed by atoms with E-state index in [4.69, 9.17) is 25.4 Å². The van der Waals surface area contributed by atoms with Gasteiger partial charge in [0.1, 0.15) is 0 Å². The van der Waals surface area contributed by atoms with Crippen molar-refractivity contribution < 1.29 is 31.3 Å². The fraction of sp³-hybridized carbons (Fsp3) is 0.571. The molecule has 0 rings (SSSR count). The molecule has 0 aliphatic heterocycles. The summed E-state index contributed by atoms with van der Waals surface area (Å²) < 4.78 is 22.5. The maximum Gasteiger partial charge on any atom is 0 e. The molecule has 14 heavy (non-hydrogen) atoms. The molecule has 0 aromatic carbocycles. The molecule has 0 spiro atoms. The van der Waals surface area contributed by atoms with Crippen molar-refractivity contribution in [3.05, 3.63) is 20.0 Å². The zero-order valence-electron chi connectivity index (χ0n) is 7.62. The third-order valence-electron chi connectivity index (χ3n) is 0.642. The predicted octanol–water partition coefficient (Wildman–Crippen LogP) is -1.62. The van der Waals surface area contributed by atoms with Gasteiger partial charge in [0.2, 0.25) is 0 Å². The summed E-state index contributed by atoms with van der Waals surface area (Å²) in [6.45, 7) is 16.6. The van der Waals surface area contributed by atoms with Crippen molar-refractivity contribution in [1.29, 1.82) is 0 Å². The first-order valence-corrected chi connectivity index (χ1v) is 3.14. The molecule has 0 amide bonds. The van der Waals surface area contributed by atoms with Crippen molar-refractivity contribution in [3.8, 4) is 0 Å². The smallest absolute Gasteiger partial charge is 0 e. The Morgan fingerprint density at radius 2 is 1.00 bits per heavy atom. The molecule has 0 saturated carbocycles. The molecule has 0 saturated heterocycles. The Bertz CT molecular complexity index is 98.2. The number of nitrogens with one attached hydrogen (secondary N) is 1. The zero-order valence-corrected chi connectivity index (χ0v) is 8.89. The summed E-state index contributed by atoms with van der Waals surface area (Å²) in [5, 5.41) is 3.03. The van der Waals surface area contributed by atoms with Gasteiger partial charge < -0.3 is 16.8 Å². The van der Waals surface area contributed by atoms with E-state index >= 15 is 0 Å². The molecule has 0 bridgehead atoms. The molecular weight excluding hydrogens is 226 g/mol. The number of rotatable bonds is 4. The van der Waals surface area contributed by atoms with Crippen LogP contribution in [-0.4, -0.2) is 26.2 Å². The molecule has 5 N–H and O–H groups in total. The van der Waals surface area contributed by atoms with Crippen molar-refractivity contribution >= 4 is 0 Å². The molecule has 0 aliphatic carbocycles. The molecule has 0 heterocycles. The van der Waals surface area contributed by atoms with Gasteiger partial charge in [-0.25, -0.2) is 0 Å². The number of nitrogens with two attached hydrogens (primary N) is 2. The summed E-state index contributed by atoms with van der Waals surface area (Å²) in [6.07, 6.45) is 0. The Hall–Kier alpha value is -0.368. The zero-order chi connectivity index (χ0) is 11.5. The van der Waals surface area contributed by atoms with E-state index in [-0.39, 0.29) is 17.4 Å². The van der Waals surface area contributed by atoms with E-state index in [9.17, 15) is 0 Å². The maximum absolute atomic E-state index is 7.50. The molecule has 0 atom stereocenters. The Morgan fingerprint density at radius 1 is 0.786 bits per heavy atom. The van der Waals surface area contributed by atoms with Gasteiger partial charge in [0.15, 0.2) is 0 Å². The van der Waals surface area contributed by atoms with Crippen LogP contribution in [0.1, 0.15) is 0 Å². The first-order chi connectivity index (χ1) is 6.41. The van der Waals surface area contributed by atoms with Crippen LogP contribution in [-0.2, 0) is 31.3 Å². The minimum Gasteiger partial charge on any atom is 0 e. The standard InChI is InChI=1S/C4H13N3.3CO.Cr/c5-1-3-7-4-2-6;3*1-2;/h7H,1-6H2;;;;. The van der Waals surface area contributed by atoms with Crippen LogP contribution in [0.15, 0.2) is 0 Å². The van der Waals surface area contributed by atoms with Crippen LogP contribution < -0.4 is 16.8 Å². The Kier molecular flexibility index (Phi) is 166. The third kappa shape index (κ3) is 99.7. The summed E-state index contributed by atoms with van der Waals surface area (Å²) in [5.41, 5.74) is 10.3. The average molecular weight is 239 g/mol. The minimum absolute atomic E-state index is 0. The van der Waals surface area contributed by atoms with Crippen LogP contribution in [0.4, 0.5) is 0 Å². The van der Waals surface area contributed by atoms with Gasteiger partial charge in [0.25, 0.3) is 0 Å². The molecular formula is C7H13CrN3O3. The molecule has 6 nitrogen and oxygen atoms in total. The van der Waals surface area contributed by atoms with Crippen molar-refractivity contribution in [2.45, 2.75) is 0 Å². The Morgan fingerprint density at radius 3 is 1.14 bits per heavy atom. The molecule has 7 heteroatoms. The fourth-order valence-electron chi connectivity index (χ4n) is 0.329. The van der Waals surface area contributed by atoms with E-state index < -0.39 is 0 Å². The van der Waals surface area contributed by atoms with Crippen molar-refractivity contribution in [3.63, 3.8) is 0 Å². The Labute approximate surface area is 94.7 Å². The summed E-state index contributed by atoms with van der Waals surface area (Å²) in [5.74, 6) is 0. The van der Waals surface area contributed by atoms with Gasteiger partial charge >= 0.3 is 33.9 Å². The van der Waals surface area contributed by atoms with Crippen LogP contribution in [0.5, 0.6) is 0 Å². The van der Waals surface area contributed by atoms with Gasteiger partial charge in [-0.15, -0.1) is 0 Å². The van der Waals surface area contributed by atoms with Crippen LogP contribution in [0.25, 0.3) is 0 Å². The summed E-state index contributed by atoms with van der Waals surface area (Å²) in [7, 11) is 0. The van der Waals surface area contributed by atoms with Gasteiger partial charge in [-0.1, -0.05) is 0 Å². The van der Waals surface area contributed by atoms with Crippen molar-refractivity contribution in [2.24, 2.45) is 11.5 Å². The van der Waals surface area contributed by atoms with Crippen LogP contribution in [0.2, 0.25) is 0 Å². The van der Waals surface area contributed by atoms with Gasteiger partial charge in [-0.2, -0.15) is 0 Å². The number of hydrogen-bond donors (Lipinski definition) is 3. The van der Waals surface area contributed by atoms with Gasteiger partial charge in [-0.05, 0) is 0 Å². The topological polar surface area (TPSA) is 124 Å². The van der Waals surface area contributed by atoms with E-state index in [1.165, 1.54) is 0 Å². The summed E-state index contributed by atoms with van der Waals surface area (Å²) in [6, 6.07) is 0. The molecule has 80 valence electrons. The summed E-state index contributed by atoms with van der Waals surface area (Å²) >= 11 is 0. The van der Waals surface area contributed by atoms with Crippen LogP contribution in [0.3, 0.4) is 0 Å². The quantitative estimate of drug-likeness (QED) is 0.310. The molecule has 0 aliphatic rings. The molecule has 0 aromatic heterocycles. The van der Waals surface area contributed by atoms with E-state index in [1.807, 2.05) is 0 Å². The predicted molar refractivity (Wildman–Crippen MR) is 42.8 cm³/mol. The molecule has 0 aromatic rings. The van der Waals surface area contributed by atoms with E-state index in [1.54, 1.807) is 0 Å². The fourth-order valence-corrected chi connectivity index (χ4v) is 0.329. The largest absolute Gasteiger partial charge is 0 e. The van der Waals surface area contributed by atoms with Crippen molar-refractivity contribution in [2.75, 3.05) is 26.2 Å². The minimum atomic E-state index is 0. The van der Waals surface area contributed by atoms with E-state index in [2.05, 4.69) is 25.3 Å². The first kappa shape index (κ1) is 29.2. The third-order valence-corrected chi connectivity index (χ3v) is 0.642. The van der Waals surface area contributed by atoms with Crippen LogP contribution in [0, 0.1) is 20.0 Å². The van der Waals surface area contributed by atoms with Gasteiger partial charge in [0, 0.05) is 43.5 Å². The summed E-state index contributed by atoms with van der Waals surface area (Å²) in [4.78, 5) is 0. The average Bonchev–Trinajstić information content (AvgIpc) is 2.27. The SMILES string of the molecule is NCCNCCN.[C-]#[O+].[C-]#[O+].[C-]#[O+].[Cr]. The molecule has 0 unspecified atom stereocenters. The molecule has 0 fully saturated rings. The van der Waals surface area contributed by atoms with Crippen LogP contribution >= 0.6 is 0 Å².